The summed E-state index contributed by atoms with van der Waals surface area (Å²) in [5, 5.41) is 10.5. The molecule has 1 rings (SSSR count). The third kappa shape index (κ3) is 2.38. The molecule has 0 aromatic carbocycles. The summed E-state index contributed by atoms with van der Waals surface area (Å²) in [6, 6.07) is 1.33. The summed E-state index contributed by atoms with van der Waals surface area (Å²) in [4.78, 5) is 13.7. The molecule has 1 aromatic rings. The predicted octanol–water partition coefficient (Wildman–Crippen LogP) is 1.97. The van der Waals surface area contributed by atoms with Crippen LogP contribution in [0.3, 0.4) is 0 Å². The van der Waals surface area contributed by atoms with Crippen LogP contribution in [0.2, 0.25) is 0 Å². The Morgan fingerprint density at radius 1 is 1.77 bits per heavy atom. The van der Waals surface area contributed by atoms with E-state index in [9.17, 15) is 10.1 Å². The van der Waals surface area contributed by atoms with Gasteiger partial charge in [0.1, 0.15) is 0 Å². The van der Waals surface area contributed by atoms with E-state index in [0.717, 1.165) is 0 Å². The topological polar surface area (TPSA) is 65.3 Å². The van der Waals surface area contributed by atoms with Crippen molar-refractivity contribution in [1.82, 2.24) is 4.98 Å². The highest BCUT2D eigenvalue weighted by Gasteiger charge is 2.16. The largest absolute Gasteiger partial charge is 0.473 e. The molecule has 0 N–H and O–H groups in total. The van der Waals surface area contributed by atoms with Crippen molar-refractivity contribution in [2.45, 2.75) is 0 Å². The van der Waals surface area contributed by atoms with Crippen molar-refractivity contribution in [2.24, 2.45) is 0 Å². The molecule has 1 aromatic heterocycles. The molecular weight excluding hydrogens is 240 g/mol. The number of nitro groups is 1. The minimum absolute atomic E-state index is 0.0109. The molecule has 0 aliphatic heterocycles. The number of halogens is 1. The van der Waals surface area contributed by atoms with Crippen molar-refractivity contribution in [1.29, 1.82) is 0 Å². The van der Waals surface area contributed by atoms with Crippen molar-refractivity contribution >= 4 is 21.6 Å². The first-order chi connectivity index (χ1) is 6.15. The standard InChI is InChI=1S/C7H6BrN2O3/c1-2-13-7-6(10(11)12)3-5(8)4-9-7/h3-4H,1-2H2. The SMILES string of the molecule is [CH2]COc1ncc(Br)cc1[N+](=O)[O-]. The first kappa shape index (κ1) is 9.91. The van der Waals surface area contributed by atoms with E-state index in [1.165, 1.54) is 12.3 Å². The maximum Gasteiger partial charge on any atom is 0.332 e. The van der Waals surface area contributed by atoms with Crippen LogP contribution in [0, 0.1) is 17.0 Å². The van der Waals surface area contributed by atoms with Gasteiger partial charge in [0, 0.05) is 16.7 Å². The normalized spacial score (nSPS) is 9.69. The monoisotopic (exact) mass is 245 g/mol. The predicted molar refractivity (Wildman–Crippen MR) is 49.4 cm³/mol. The minimum Gasteiger partial charge on any atom is -0.473 e. The van der Waals surface area contributed by atoms with Crippen LogP contribution in [0.15, 0.2) is 16.7 Å². The summed E-state index contributed by atoms with van der Waals surface area (Å²) >= 11 is 3.08. The fourth-order valence-corrected chi connectivity index (χ4v) is 1.07. The number of rotatable bonds is 3. The van der Waals surface area contributed by atoms with Crippen LogP contribution in [-0.2, 0) is 0 Å². The van der Waals surface area contributed by atoms with E-state index in [-0.39, 0.29) is 18.2 Å². The number of ether oxygens (including phenoxy) is 1. The molecule has 0 atom stereocenters. The first-order valence-corrected chi connectivity index (χ1v) is 4.16. The van der Waals surface area contributed by atoms with Gasteiger partial charge in [-0.15, -0.1) is 0 Å². The van der Waals surface area contributed by atoms with Crippen LogP contribution in [-0.4, -0.2) is 16.5 Å². The van der Waals surface area contributed by atoms with Crippen LogP contribution in [0.4, 0.5) is 5.69 Å². The smallest absolute Gasteiger partial charge is 0.332 e. The second kappa shape index (κ2) is 4.18. The van der Waals surface area contributed by atoms with Gasteiger partial charge in [-0.2, -0.15) is 0 Å². The maximum atomic E-state index is 10.5. The van der Waals surface area contributed by atoms with Gasteiger partial charge in [-0.05, 0) is 22.9 Å². The minimum atomic E-state index is -0.553. The van der Waals surface area contributed by atoms with E-state index in [1.54, 1.807) is 0 Å². The molecule has 0 fully saturated rings. The summed E-state index contributed by atoms with van der Waals surface area (Å²) in [6.07, 6.45) is 1.43. The lowest BCUT2D eigenvalue weighted by Crippen LogP contribution is -1.99. The van der Waals surface area contributed by atoms with Crippen molar-refractivity contribution in [3.8, 4) is 5.88 Å². The average molecular weight is 246 g/mol. The lowest BCUT2D eigenvalue weighted by Gasteiger charge is -2.01. The van der Waals surface area contributed by atoms with E-state index < -0.39 is 4.92 Å². The molecule has 0 spiro atoms. The Bertz CT molecular complexity index is 330. The molecule has 13 heavy (non-hydrogen) atoms. The fourth-order valence-electron chi connectivity index (χ4n) is 0.755. The van der Waals surface area contributed by atoms with Gasteiger partial charge in [0.05, 0.1) is 11.5 Å². The zero-order valence-electron chi connectivity index (χ0n) is 6.57. The van der Waals surface area contributed by atoms with E-state index in [4.69, 9.17) is 4.74 Å². The molecule has 0 aliphatic rings. The summed E-state index contributed by atoms with van der Waals surface area (Å²) in [5.74, 6) is -0.0109. The molecule has 1 radical (unpaired) electrons. The van der Waals surface area contributed by atoms with E-state index in [2.05, 4.69) is 27.8 Å². The molecule has 6 heteroatoms. The number of hydrogen-bond donors (Lipinski definition) is 0. The van der Waals surface area contributed by atoms with Crippen molar-refractivity contribution < 1.29 is 9.66 Å². The van der Waals surface area contributed by atoms with Crippen LogP contribution >= 0.6 is 15.9 Å². The molecule has 0 bridgehead atoms. The highest BCUT2D eigenvalue weighted by atomic mass is 79.9. The molecule has 0 aliphatic carbocycles. The summed E-state index contributed by atoms with van der Waals surface area (Å²) in [5.41, 5.74) is -0.168. The van der Waals surface area contributed by atoms with Crippen LogP contribution in [0.25, 0.3) is 0 Å². The molecule has 0 saturated carbocycles. The second-order valence-corrected chi connectivity index (χ2v) is 3.00. The third-order valence-electron chi connectivity index (χ3n) is 1.23. The molecular formula is C7H6BrN2O3. The quantitative estimate of drug-likeness (QED) is 0.604. The van der Waals surface area contributed by atoms with Crippen molar-refractivity contribution in [3.05, 3.63) is 33.8 Å². The van der Waals surface area contributed by atoms with Crippen LogP contribution in [0.1, 0.15) is 0 Å². The van der Waals surface area contributed by atoms with Gasteiger partial charge < -0.3 is 4.74 Å². The number of pyridine rings is 1. The van der Waals surface area contributed by atoms with Gasteiger partial charge in [-0.3, -0.25) is 10.1 Å². The maximum absolute atomic E-state index is 10.5. The lowest BCUT2D eigenvalue weighted by molar-refractivity contribution is -0.386. The van der Waals surface area contributed by atoms with Gasteiger partial charge in [-0.25, -0.2) is 4.98 Å². The molecule has 69 valence electrons. The second-order valence-electron chi connectivity index (χ2n) is 2.08. The Labute approximate surface area is 83.0 Å². The third-order valence-corrected chi connectivity index (χ3v) is 1.67. The van der Waals surface area contributed by atoms with Crippen molar-refractivity contribution in [2.75, 3.05) is 6.61 Å². The zero-order chi connectivity index (χ0) is 9.84. The van der Waals surface area contributed by atoms with Gasteiger partial charge in [0.2, 0.25) is 0 Å². The molecule has 1 heterocycles. The average Bonchev–Trinajstić information content (AvgIpc) is 2.08. The number of aromatic nitrogens is 1. The van der Waals surface area contributed by atoms with Gasteiger partial charge >= 0.3 is 5.69 Å². The van der Waals surface area contributed by atoms with E-state index >= 15 is 0 Å². The highest BCUT2D eigenvalue weighted by Crippen LogP contribution is 2.26. The Morgan fingerprint density at radius 3 is 3.00 bits per heavy atom. The summed E-state index contributed by atoms with van der Waals surface area (Å²) in [6.45, 7) is 3.51. The molecule has 0 saturated heterocycles. The lowest BCUT2D eigenvalue weighted by atomic mass is 10.4. The first-order valence-electron chi connectivity index (χ1n) is 3.37. The van der Waals surface area contributed by atoms with Gasteiger partial charge in [0.25, 0.3) is 5.88 Å². The Morgan fingerprint density at radius 2 is 2.46 bits per heavy atom. The van der Waals surface area contributed by atoms with Gasteiger partial charge in [-0.1, -0.05) is 0 Å². The summed E-state index contributed by atoms with van der Waals surface area (Å²) in [7, 11) is 0. The van der Waals surface area contributed by atoms with E-state index in [0.29, 0.717) is 4.47 Å². The van der Waals surface area contributed by atoms with Crippen LogP contribution in [0.5, 0.6) is 5.88 Å². The fraction of sp³-hybridized carbons (Fsp3) is 0.143. The highest BCUT2D eigenvalue weighted by molar-refractivity contribution is 9.10. The Kier molecular flexibility index (Phi) is 3.18. The van der Waals surface area contributed by atoms with Gasteiger partial charge in [0.15, 0.2) is 0 Å². The van der Waals surface area contributed by atoms with Crippen LogP contribution < -0.4 is 4.74 Å². The number of nitrogens with zero attached hydrogens (tertiary/aromatic N) is 2. The van der Waals surface area contributed by atoms with E-state index in [1.807, 2.05) is 0 Å². The van der Waals surface area contributed by atoms with Crippen molar-refractivity contribution in [3.63, 3.8) is 0 Å². The Hall–Kier alpha value is -1.17. The molecule has 5 nitrogen and oxygen atoms in total. The molecule has 0 unspecified atom stereocenters. The zero-order valence-corrected chi connectivity index (χ0v) is 8.15. The summed E-state index contributed by atoms with van der Waals surface area (Å²) < 4.78 is 5.41. The Balaban J connectivity index is 3.10. The number of hydrogen-bond acceptors (Lipinski definition) is 4. The molecule has 0 amide bonds.